The van der Waals surface area contributed by atoms with Crippen LogP contribution in [-0.2, 0) is 0 Å². The zero-order valence-corrected chi connectivity index (χ0v) is 5.28. The van der Waals surface area contributed by atoms with Gasteiger partial charge in [-0.15, -0.1) is 0 Å². The van der Waals surface area contributed by atoms with Gasteiger partial charge in [-0.1, -0.05) is 5.16 Å². The van der Waals surface area contributed by atoms with Crippen molar-refractivity contribution in [3.63, 3.8) is 0 Å². The van der Waals surface area contributed by atoms with Gasteiger partial charge in [0.15, 0.2) is 0 Å². The summed E-state index contributed by atoms with van der Waals surface area (Å²) in [6.45, 7) is 0.364. The van der Waals surface area contributed by atoms with E-state index < -0.39 is 0 Å². The second-order valence-corrected chi connectivity index (χ2v) is 1.60. The van der Waals surface area contributed by atoms with E-state index in [4.69, 9.17) is 16.0 Å². The van der Waals surface area contributed by atoms with Crippen LogP contribution in [0.5, 0.6) is 0 Å². The zero-order chi connectivity index (χ0) is 7.28. The molecule has 0 aliphatic heterocycles. The highest BCUT2D eigenvalue weighted by atomic mass is 16.4. The van der Waals surface area contributed by atoms with E-state index in [1.807, 2.05) is 0 Å². The molecule has 0 fully saturated rings. The summed E-state index contributed by atoms with van der Waals surface area (Å²) in [5.74, 6) is 0.00375. The number of aliphatic hydroxyl groups excluding tert-OH is 1. The Morgan fingerprint density at radius 3 is 2.67 bits per heavy atom. The number of guanidine groups is 1. The predicted octanol–water partition coefficient (Wildman–Crippen LogP) is -1.39. The lowest BCUT2D eigenvalue weighted by Gasteiger charge is -2.13. The molecule has 0 amide bonds. The molecule has 0 aliphatic rings. The molecule has 0 saturated carbocycles. The van der Waals surface area contributed by atoms with Crippen molar-refractivity contribution < 1.29 is 10.3 Å². The van der Waals surface area contributed by atoms with Crippen molar-refractivity contribution in [2.45, 2.75) is 0 Å². The number of likely N-dealkylation sites (N-methyl/N-ethyl adjacent to an activating group) is 1. The Hall–Kier alpha value is -0.970. The zero-order valence-electron chi connectivity index (χ0n) is 5.28. The van der Waals surface area contributed by atoms with Crippen molar-refractivity contribution in [2.24, 2.45) is 10.9 Å². The smallest absolute Gasteiger partial charge is 0.233 e. The monoisotopic (exact) mass is 133 g/mol. The maximum atomic E-state index is 8.35. The standard InChI is InChI=1S/C4H11N3O2/c1-7(2-3-8)4(5)6-9/h8-9H,2-3H2,1H3,(H2,5,6). The van der Waals surface area contributed by atoms with Crippen molar-refractivity contribution in [3.05, 3.63) is 0 Å². The van der Waals surface area contributed by atoms with E-state index in [0.29, 0.717) is 6.54 Å². The molecule has 0 bridgehead atoms. The van der Waals surface area contributed by atoms with Crippen LogP contribution in [0.1, 0.15) is 0 Å². The van der Waals surface area contributed by atoms with Crippen LogP contribution in [0.2, 0.25) is 0 Å². The van der Waals surface area contributed by atoms with E-state index in [1.54, 1.807) is 7.05 Å². The number of hydrogen-bond donors (Lipinski definition) is 3. The fraction of sp³-hybridized carbons (Fsp3) is 0.750. The van der Waals surface area contributed by atoms with Crippen LogP contribution in [0.4, 0.5) is 0 Å². The van der Waals surface area contributed by atoms with E-state index in [0.717, 1.165) is 0 Å². The molecule has 5 nitrogen and oxygen atoms in total. The molecule has 0 unspecified atom stereocenters. The molecule has 0 saturated heterocycles. The Labute approximate surface area is 53.4 Å². The predicted molar refractivity (Wildman–Crippen MR) is 33.1 cm³/mol. The highest BCUT2D eigenvalue weighted by Crippen LogP contribution is 1.77. The Morgan fingerprint density at radius 1 is 1.78 bits per heavy atom. The summed E-state index contributed by atoms with van der Waals surface area (Å²) < 4.78 is 0. The van der Waals surface area contributed by atoms with Gasteiger partial charge in [0.2, 0.25) is 5.96 Å². The van der Waals surface area contributed by atoms with Crippen molar-refractivity contribution in [1.29, 1.82) is 0 Å². The molecular formula is C4H11N3O2. The quantitative estimate of drug-likeness (QED) is 0.187. The van der Waals surface area contributed by atoms with E-state index in [2.05, 4.69) is 5.16 Å². The molecular weight excluding hydrogens is 122 g/mol. The molecule has 0 aromatic rings. The fourth-order valence-corrected chi connectivity index (χ4v) is 0.341. The van der Waals surface area contributed by atoms with Crippen LogP contribution in [0, 0.1) is 0 Å². The van der Waals surface area contributed by atoms with Gasteiger partial charge in [-0.25, -0.2) is 0 Å². The fourth-order valence-electron chi connectivity index (χ4n) is 0.341. The normalized spacial score (nSPS) is 11.6. The Balaban J connectivity index is 3.59. The minimum Gasteiger partial charge on any atom is -0.408 e. The Morgan fingerprint density at radius 2 is 2.33 bits per heavy atom. The molecule has 0 heterocycles. The summed E-state index contributed by atoms with van der Waals surface area (Å²) in [6.07, 6.45) is 0. The van der Waals surface area contributed by atoms with Crippen LogP contribution < -0.4 is 5.73 Å². The second kappa shape index (κ2) is 3.96. The minimum absolute atomic E-state index is 0.00375. The van der Waals surface area contributed by atoms with Crippen molar-refractivity contribution in [1.82, 2.24) is 4.90 Å². The average Bonchev–Trinajstić information content (AvgIpc) is 1.87. The first-order valence-electron chi connectivity index (χ1n) is 2.52. The number of aliphatic hydroxyl groups is 1. The van der Waals surface area contributed by atoms with Gasteiger partial charge in [0.05, 0.1) is 6.61 Å². The third-order valence-corrected chi connectivity index (χ3v) is 0.929. The van der Waals surface area contributed by atoms with Crippen LogP contribution in [0.25, 0.3) is 0 Å². The molecule has 0 atom stereocenters. The van der Waals surface area contributed by atoms with E-state index in [9.17, 15) is 0 Å². The van der Waals surface area contributed by atoms with Crippen LogP contribution in [0.3, 0.4) is 0 Å². The summed E-state index contributed by atoms with van der Waals surface area (Å²) in [5.41, 5.74) is 5.12. The summed E-state index contributed by atoms with van der Waals surface area (Å²) in [5, 5.41) is 19.1. The van der Waals surface area contributed by atoms with Crippen LogP contribution in [0.15, 0.2) is 5.16 Å². The SMILES string of the molecule is CN(CCO)/C(N)=N/O. The van der Waals surface area contributed by atoms with Gasteiger partial charge in [0, 0.05) is 13.6 Å². The minimum atomic E-state index is -0.00722. The first kappa shape index (κ1) is 8.03. The summed E-state index contributed by atoms with van der Waals surface area (Å²) in [7, 11) is 1.62. The molecule has 4 N–H and O–H groups in total. The van der Waals surface area contributed by atoms with Crippen molar-refractivity contribution in [3.8, 4) is 0 Å². The van der Waals surface area contributed by atoms with Crippen LogP contribution in [-0.4, -0.2) is 41.4 Å². The number of nitrogens with zero attached hydrogens (tertiary/aromatic N) is 2. The van der Waals surface area contributed by atoms with E-state index in [1.165, 1.54) is 4.90 Å². The highest BCUT2D eigenvalue weighted by molar-refractivity contribution is 5.76. The highest BCUT2D eigenvalue weighted by Gasteiger charge is 1.97. The Kier molecular flexibility index (Phi) is 3.54. The van der Waals surface area contributed by atoms with Crippen LogP contribution >= 0.6 is 0 Å². The van der Waals surface area contributed by atoms with Gasteiger partial charge < -0.3 is 20.9 Å². The lowest BCUT2D eigenvalue weighted by molar-refractivity contribution is 0.254. The lowest BCUT2D eigenvalue weighted by atomic mass is 10.6. The summed E-state index contributed by atoms with van der Waals surface area (Å²) in [4.78, 5) is 1.43. The van der Waals surface area contributed by atoms with Gasteiger partial charge in [-0.2, -0.15) is 0 Å². The number of rotatable bonds is 2. The molecule has 5 heteroatoms. The topological polar surface area (TPSA) is 82.1 Å². The Bertz CT molecular complexity index is 104. The summed E-state index contributed by atoms with van der Waals surface area (Å²) in [6, 6.07) is 0. The maximum Gasteiger partial charge on any atom is 0.233 e. The maximum absolute atomic E-state index is 8.35. The molecule has 54 valence electrons. The third-order valence-electron chi connectivity index (χ3n) is 0.929. The molecule has 0 spiro atoms. The third kappa shape index (κ3) is 2.76. The molecule has 0 aromatic carbocycles. The molecule has 0 rings (SSSR count). The van der Waals surface area contributed by atoms with Crippen molar-refractivity contribution in [2.75, 3.05) is 20.2 Å². The molecule has 0 radical (unpaired) electrons. The van der Waals surface area contributed by atoms with Crippen molar-refractivity contribution >= 4 is 5.96 Å². The van der Waals surface area contributed by atoms with Gasteiger partial charge >= 0.3 is 0 Å². The number of oxime groups is 1. The molecule has 9 heavy (non-hydrogen) atoms. The number of nitrogens with two attached hydrogens (primary N) is 1. The molecule has 0 aromatic heterocycles. The first-order valence-corrected chi connectivity index (χ1v) is 2.52. The second-order valence-electron chi connectivity index (χ2n) is 1.60. The summed E-state index contributed by atoms with van der Waals surface area (Å²) >= 11 is 0. The molecule has 0 aliphatic carbocycles. The van der Waals surface area contributed by atoms with E-state index in [-0.39, 0.29) is 12.6 Å². The van der Waals surface area contributed by atoms with Gasteiger partial charge in [-0.05, 0) is 0 Å². The largest absolute Gasteiger partial charge is 0.408 e. The number of hydrogen-bond acceptors (Lipinski definition) is 3. The van der Waals surface area contributed by atoms with E-state index >= 15 is 0 Å². The van der Waals surface area contributed by atoms with Gasteiger partial charge in [-0.3, -0.25) is 0 Å². The van der Waals surface area contributed by atoms with Gasteiger partial charge in [0.25, 0.3) is 0 Å². The average molecular weight is 133 g/mol. The first-order chi connectivity index (χ1) is 4.22. The lowest BCUT2D eigenvalue weighted by Crippen LogP contribution is -2.35. The van der Waals surface area contributed by atoms with Gasteiger partial charge in [0.1, 0.15) is 0 Å².